The number of aromatic nitrogens is 2. The molecule has 0 saturated carbocycles. The number of carbonyl (C=O) groups is 2. The molecule has 9 heteroatoms. The zero-order valence-electron chi connectivity index (χ0n) is 18.1. The molecular weight excluding hydrogens is 460 g/mol. The van der Waals surface area contributed by atoms with Crippen molar-refractivity contribution >= 4 is 51.5 Å². The van der Waals surface area contributed by atoms with E-state index < -0.39 is 0 Å². The van der Waals surface area contributed by atoms with E-state index in [9.17, 15) is 9.59 Å². The summed E-state index contributed by atoms with van der Waals surface area (Å²) in [6.07, 6.45) is 1.95. The van der Waals surface area contributed by atoms with Crippen LogP contribution in [0, 0.1) is 13.8 Å². The van der Waals surface area contributed by atoms with E-state index >= 15 is 0 Å². The van der Waals surface area contributed by atoms with Crippen LogP contribution < -0.4 is 5.32 Å². The van der Waals surface area contributed by atoms with Crippen molar-refractivity contribution < 1.29 is 14.1 Å². The Morgan fingerprint density at radius 1 is 1.09 bits per heavy atom. The lowest BCUT2D eigenvalue weighted by molar-refractivity contribution is 0.0794. The van der Waals surface area contributed by atoms with Gasteiger partial charge in [-0.3, -0.25) is 9.59 Å². The van der Waals surface area contributed by atoms with Crippen LogP contribution in [0.4, 0.5) is 5.69 Å². The number of benzene rings is 1. The molecule has 1 aliphatic heterocycles. The zero-order valence-corrected chi connectivity index (χ0v) is 19.7. The first-order valence-electron chi connectivity index (χ1n) is 10.6. The van der Waals surface area contributed by atoms with Crippen molar-refractivity contribution in [2.75, 3.05) is 18.4 Å². The number of hydrogen-bond acceptors (Lipinski definition) is 6. The highest BCUT2D eigenvalue weighted by atomic mass is 35.5. The Kier molecular flexibility index (Phi) is 5.64. The van der Waals surface area contributed by atoms with Gasteiger partial charge in [0.15, 0.2) is 0 Å². The third-order valence-electron chi connectivity index (χ3n) is 5.71. The van der Waals surface area contributed by atoms with Crippen LogP contribution in [0.1, 0.15) is 44.1 Å². The number of nitrogens with zero attached hydrogens (tertiary/aromatic N) is 3. The molecule has 1 fully saturated rings. The van der Waals surface area contributed by atoms with Crippen LogP contribution in [-0.4, -0.2) is 39.9 Å². The van der Waals surface area contributed by atoms with Gasteiger partial charge in [0, 0.05) is 23.0 Å². The Morgan fingerprint density at radius 3 is 2.61 bits per heavy atom. The summed E-state index contributed by atoms with van der Waals surface area (Å²) < 4.78 is 5.39. The third-order valence-corrected chi connectivity index (χ3v) is 6.97. The molecule has 168 valence electrons. The van der Waals surface area contributed by atoms with Crippen molar-refractivity contribution in [2.24, 2.45) is 0 Å². The Balaban J connectivity index is 1.55. The average Bonchev–Trinajstić information content (AvgIpc) is 3.56. The van der Waals surface area contributed by atoms with Crippen LogP contribution >= 0.6 is 22.9 Å². The largest absolute Gasteiger partial charge is 0.339 e. The highest BCUT2D eigenvalue weighted by molar-refractivity contribution is 7.15. The Bertz CT molecular complexity index is 1390. The molecule has 1 aromatic carbocycles. The molecule has 1 aliphatic rings. The first-order chi connectivity index (χ1) is 15.9. The van der Waals surface area contributed by atoms with Gasteiger partial charge < -0.3 is 14.7 Å². The van der Waals surface area contributed by atoms with Crippen molar-refractivity contribution in [2.45, 2.75) is 26.7 Å². The van der Waals surface area contributed by atoms with E-state index in [0.29, 0.717) is 57.4 Å². The van der Waals surface area contributed by atoms with E-state index in [0.717, 1.165) is 22.6 Å². The van der Waals surface area contributed by atoms with Gasteiger partial charge in [-0.2, -0.15) is 0 Å². The summed E-state index contributed by atoms with van der Waals surface area (Å²) >= 11 is 7.77. The highest BCUT2D eigenvalue weighted by Gasteiger charge is 2.25. The summed E-state index contributed by atoms with van der Waals surface area (Å²) in [5.41, 5.74) is 2.67. The minimum Gasteiger partial charge on any atom is -0.339 e. The number of pyridine rings is 1. The topological polar surface area (TPSA) is 88.3 Å². The molecule has 0 aliphatic carbocycles. The van der Waals surface area contributed by atoms with E-state index in [1.54, 1.807) is 47.4 Å². The van der Waals surface area contributed by atoms with Crippen LogP contribution in [0.15, 0.2) is 40.9 Å². The van der Waals surface area contributed by atoms with Gasteiger partial charge >= 0.3 is 0 Å². The van der Waals surface area contributed by atoms with E-state index in [-0.39, 0.29) is 11.8 Å². The second kappa shape index (κ2) is 8.61. The molecule has 7 nitrogen and oxygen atoms in total. The van der Waals surface area contributed by atoms with Crippen LogP contribution in [0.5, 0.6) is 0 Å². The fraction of sp³-hybridized carbons (Fsp3) is 0.250. The predicted molar refractivity (Wildman–Crippen MR) is 129 cm³/mol. The fourth-order valence-corrected chi connectivity index (χ4v) is 5.06. The summed E-state index contributed by atoms with van der Waals surface area (Å²) in [7, 11) is 0. The van der Waals surface area contributed by atoms with E-state index in [1.807, 2.05) is 19.1 Å². The summed E-state index contributed by atoms with van der Waals surface area (Å²) in [4.78, 5) is 35.0. The molecule has 0 unspecified atom stereocenters. The maximum Gasteiger partial charge on any atom is 0.259 e. The quantitative estimate of drug-likeness (QED) is 0.404. The molecule has 1 saturated heterocycles. The van der Waals surface area contributed by atoms with Gasteiger partial charge in [0.05, 0.1) is 38.5 Å². The molecule has 0 bridgehead atoms. The third kappa shape index (κ3) is 4.12. The van der Waals surface area contributed by atoms with Crippen LogP contribution in [-0.2, 0) is 0 Å². The van der Waals surface area contributed by atoms with Gasteiger partial charge in [-0.1, -0.05) is 16.8 Å². The normalized spacial score (nSPS) is 13.6. The standard InChI is InChI=1S/C24H21ClN4O3S/c1-13-5-8-20(33-13)19-12-17(21-14(2)28-32-23(21)27-19)22(30)26-18-7-6-15(25)11-16(18)24(31)29-9-3-4-10-29/h5-8,11-12H,3-4,9-10H2,1-2H3,(H,26,30). The summed E-state index contributed by atoms with van der Waals surface area (Å²) in [5.74, 6) is -0.512. The highest BCUT2D eigenvalue weighted by Crippen LogP contribution is 2.32. The Morgan fingerprint density at radius 2 is 1.88 bits per heavy atom. The molecule has 33 heavy (non-hydrogen) atoms. The van der Waals surface area contributed by atoms with Crippen molar-refractivity contribution in [3.63, 3.8) is 0 Å². The predicted octanol–water partition coefficient (Wildman–Crippen LogP) is 5.71. The number of nitrogens with one attached hydrogen (secondary N) is 1. The van der Waals surface area contributed by atoms with E-state index in [2.05, 4.69) is 15.5 Å². The molecular formula is C24H21ClN4O3S. The molecule has 0 radical (unpaired) electrons. The monoisotopic (exact) mass is 480 g/mol. The maximum atomic E-state index is 13.5. The lowest BCUT2D eigenvalue weighted by Crippen LogP contribution is -2.29. The molecule has 1 N–H and O–H groups in total. The van der Waals surface area contributed by atoms with Gasteiger partial charge in [0.2, 0.25) is 0 Å². The first kappa shape index (κ1) is 21.6. The maximum absolute atomic E-state index is 13.5. The number of carbonyl (C=O) groups excluding carboxylic acids is 2. The summed E-state index contributed by atoms with van der Waals surface area (Å²) in [5, 5.41) is 7.90. The number of halogens is 1. The molecule has 0 atom stereocenters. The Hall–Kier alpha value is -3.23. The zero-order chi connectivity index (χ0) is 23.1. The summed E-state index contributed by atoms with van der Waals surface area (Å²) in [6, 6.07) is 10.6. The lowest BCUT2D eigenvalue weighted by Gasteiger charge is -2.18. The number of rotatable bonds is 4. The van der Waals surface area contributed by atoms with Gasteiger partial charge in [0.1, 0.15) is 0 Å². The number of anilines is 1. The van der Waals surface area contributed by atoms with Gasteiger partial charge in [-0.05, 0) is 63.1 Å². The van der Waals surface area contributed by atoms with Gasteiger partial charge in [-0.25, -0.2) is 4.98 Å². The fourth-order valence-electron chi connectivity index (χ4n) is 4.05. The molecule has 0 spiro atoms. The van der Waals surface area contributed by atoms with E-state index in [4.69, 9.17) is 16.1 Å². The van der Waals surface area contributed by atoms with Crippen molar-refractivity contribution in [1.29, 1.82) is 0 Å². The van der Waals surface area contributed by atoms with Gasteiger partial charge in [0.25, 0.3) is 17.5 Å². The van der Waals surface area contributed by atoms with E-state index in [1.165, 1.54) is 0 Å². The average molecular weight is 481 g/mol. The number of hydrogen-bond donors (Lipinski definition) is 1. The molecule has 5 rings (SSSR count). The number of likely N-dealkylation sites (tertiary alicyclic amines) is 1. The van der Waals surface area contributed by atoms with Gasteiger partial charge in [-0.15, -0.1) is 11.3 Å². The first-order valence-corrected chi connectivity index (χ1v) is 11.8. The SMILES string of the molecule is Cc1ccc(-c2cc(C(=O)Nc3ccc(Cl)cc3C(=O)N3CCCC3)c3c(C)noc3n2)s1. The van der Waals surface area contributed by atoms with Crippen molar-refractivity contribution in [3.8, 4) is 10.6 Å². The molecule has 3 aromatic heterocycles. The van der Waals surface area contributed by atoms with Crippen molar-refractivity contribution in [3.05, 3.63) is 63.1 Å². The lowest BCUT2D eigenvalue weighted by atomic mass is 10.1. The second-order valence-corrected chi connectivity index (χ2v) is 9.78. The number of aryl methyl sites for hydroxylation is 2. The minimum atomic E-state index is -0.374. The second-order valence-electron chi connectivity index (χ2n) is 8.06. The minimum absolute atomic E-state index is 0.138. The van der Waals surface area contributed by atoms with Crippen LogP contribution in [0.3, 0.4) is 0 Å². The number of thiophene rings is 1. The van der Waals surface area contributed by atoms with Crippen LogP contribution in [0.2, 0.25) is 5.02 Å². The van der Waals surface area contributed by atoms with Crippen molar-refractivity contribution in [1.82, 2.24) is 15.0 Å². The number of amides is 2. The molecule has 4 aromatic rings. The summed E-state index contributed by atoms with van der Waals surface area (Å²) in [6.45, 7) is 5.18. The smallest absolute Gasteiger partial charge is 0.259 e. The van der Waals surface area contributed by atoms with Crippen LogP contribution in [0.25, 0.3) is 21.7 Å². The molecule has 4 heterocycles. The Labute approximate surface area is 199 Å². The number of fused-ring (bicyclic) bond motifs is 1. The molecule has 2 amide bonds.